The summed E-state index contributed by atoms with van der Waals surface area (Å²) < 4.78 is 5.82. The Morgan fingerprint density at radius 1 is 1.33 bits per heavy atom. The normalized spacial score (nSPS) is 18.2. The molecule has 0 aromatic heterocycles. The fourth-order valence-corrected chi connectivity index (χ4v) is 2.55. The average molecular weight is 290 g/mol. The molecule has 4 heteroatoms. The van der Waals surface area contributed by atoms with Gasteiger partial charge in [-0.25, -0.2) is 0 Å². The minimum atomic E-state index is -0.410. The highest BCUT2D eigenvalue weighted by Crippen LogP contribution is 2.15. The van der Waals surface area contributed by atoms with E-state index in [4.69, 9.17) is 4.74 Å². The van der Waals surface area contributed by atoms with Crippen LogP contribution in [0.5, 0.6) is 5.75 Å². The van der Waals surface area contributed by atoms with E-state index in [0.717, 1.165) is 31.7 Å². The zero-order chi connectivity index (χ0) is 15.2. The molecular formula is C17H26N2O2. The Kier molecular flexibility index (Phi) is 5.62. The number of amides is 1. The van der Waals surface area contributed by atoms with Gasteiger partial charge >= 0.3 is 0 Å². The Labute approximate surface area is 127 Å². The molecule has 1 aromatic rings. The van der Waals surface area contributed by atoms with E-state index in [9.17, 15) is 4.79 Å². The minimum Gasteiger partial charge on any atom is -0.481 e. The van der Waals surface area contributed by atoms with Crippen LogP contribution in [0.25, 0.3) is 0 Å². The molecule has 1 amide bonds. The van der Waals surface area contributed by atoms with E-state index < -0.39 is 6.10 Å². The quantitative estimate of drug-likeness (QED) is 0.905. The summed E-state index contributed by atoms with van der Waals surface area (Å²) in [7, 11) is 2.12. The van der Waals surface area contributed by atoms with Gasteiger partial charge < -0.3 is 15.0 Å². The highest BCUT2D eigenvalue weighted by molar-refractivity contribution is 5.81. The maximum atomic E-state index is 12.3. The minimum absolute atomic E-state index is 0.00706. The molecule has 1 aromatic carbocycles. The van der Waals surface area contributed by atoms with E-state index in [1.54, 1.807) is 0 Å². The molecule has 1 N–H and O–H groups in total. The van der Waals surface area contributed by atoms with Crippen LogP contribution in [-0.4, -0.2) is 43.1 Å². The molecule has 0 unspecified atom stereocenters. The van der Waals surface area contributed by atoms with Crippen molar-refractivity contribution in [3.8, 4) is 5.75 Å². The third kappa shape index (κ3) is 4.74. The van der Waals surface area contributed by atoms with Gasteiger partial charge in [-0.15, -0.1) is 0 Å². The summed E-state index contributed by atoms with van der Waals surface area (Å²) >= 11 is 0. The maximum Gasteiger partial charge on any atom is 0.261 e. The maximum absolute atomic E-state index is 12.3. The number of rotatable bonds is 5. The molecule has 0 bridgehead atoms. The molecule has 0 radical (unpaired) electrons. The van der Waals surface area contributed by atoms with Crippen LogP contribution in [0.2, 0.25) is 0 Å². The number of carbonyl (C=O) groups excluding carboxylic acids is 1. The smallest absolute Gasteiger partial charge is 0.261 e. The van der Waals surface area contributed by atoms with E-state index in [1.165, 1.54) is 5.56 Å². The Morgan fingerprint density at radius 3 is 2.52 bits per heavy atom. The topological polar surface area (TPSA) is 41.6 Å². The molecule has 1 aliphatic heterocycles. The summed E-state index contributed by atoms with van der Waals surface area (Å²) in [6.07, 6.45) is 2.30. The molecule has 0 spiro atoms. The first-order valence-corrected chi connectivity index (χ1v) is 7.80. The number of nitrogens with zero attached hydrogens (tertiary/aromatic N) is 1. The summed E-state index contributed by atoms with van der Waals surface area (Å²) in [5.74, 6) is 0.763. The molecule has 4 nitrogen and oxygen atoms in total. The predicted octanol–water partition coefficient (Wildman–Crippen LogP) is 2.36. The van der Waals surface area contributed by atoms with Crippen molar-refractivity contribution in [3.63, 3.8) is 0 Å². The molecule has 1 aliphatic rings. The van der Waals surface area contributed by atoms with Gasteiger partial charge in [0, 0.05) is 6.04 Å². The van der Waals surface area contributed by atoms with Gasteiger partial charge in [-0.2, -0.15) is 0 Å². The fraction of sp³-hybridized carbons (Fsp3) is 0.588. The molecule has 1 heterocycles. The number of hydrogen-bond acceptors (Lipinski definition) is 3. The van der Waals surface area contributed by atoms with Crippen molar-refractivity contribution >= 4 is 5.91 Å². The van der Waals surface area contributed by atoms with Gasteiger partial charge in [0.25, 0.3) is 5.91 Å². The summed E-state index contributed by atoms with van der Waals surface area (Å²) in [5.41, 5.74) is 1.19. The van der Waals surface area contributed by atoms with Crippen molar-refractivity contribution in [2.75, 3.05) is 20.1 Å². The molecule has 1 fully saturated rings. The number of hydrogen-bond donors (Lipinski definition) is 1. The van der Waals surface area contributed by atoms with Crippen molar-refractivity contribution in [2.24, 2.45) is 0 Å². The summed E-state index contributed by atoms with van der Waals surface area (Å²) in [4.78, 5) is 14.6. The standard InChI is InChI=1S/C17H26N2O2/c1-4-16(21-15-7-5-13(2)6-8-15)17(20)18-14-9-11-19(3)12-10-14/h5-8,14,16H,4,9-12H2,1-3H3,(H,18,20)/t16-/m1/s1. The largest absolute Gasteiger partial charge is 0.481 e. The number of aryl methyl sites for hydroxylation is 1. The third-order valence-electron chi connectivity index (χ3n) is 4.03. The zero-order valence-corrected chi connectivity index (χ0v) is 13.3. The fourth-order valence-electron chi connectivity index (χ4n) is 2.55. The zero-order valence-electron chi connectivity index (χ0n) is 13.3. The lowest BCUT2D eigenvalue weighted by molar-refractivity contribution is -0.129. The van der Waals surface area contributed by atoms with Crippen LogP contribution < -0.4 is 10.1 Å². The van der Waals surface area contributed by atoms with Crippen LogP contribution in [0.15, 0.2) is 24.3 Å². The summed E-state index contributed by atoms with van der Waals surface area (Å²) in [6.45, 7) is 6.10. The highest BCUT2D eigenvalue weighted by Gasteiger charge is 2.23. The molecule has 1 atom stereocenters. The summed E-state index contributed by atoms with van der Waals surface area (Å²) in [5, 5.41) is 3.13. The Morgan fingerprint density at radius 2 is 1.95 bits per heavy atom. The first kappa shape index (κ1) is 15.8. The van der Waals surface area contributed by atoms with Crippen LogP contribution in [-0.2, 0) is 4.79 Å². The lowest BCUT2D eigenvalue weighted by Crippen LogP contribution is -2.47. The molecule has 0 aliphatic carbocycles. The van der Waals surface area contributed by atoms with Crippen molar-refractivity contribution in [1.82, 2.24) is 10.2 Å². The average Bonchev–Trinajstić information content (AvgIpc) is 2.49. The second-order valence-corrected chi connectivity index (χ2v) is 5.91. The van der Waals surface area contributed by atoms with Gasteiger partial charge in [-0.1, -0.05) is 24.6 Å². The van der Waals surface area contributed by atoms with E-state index in [2.05, 4.69) is 17.3 Å². The van der Waals surface area contributed by atoms with Crippen LogP contribution in [0.4, 0.5) is 0 Å². The van der Waals surface area contributed by atoms with Gasteiger partial charge in [0.15, 0.2) is 6.10 Å². The van der Waals surface area contributed by atoms with Gasteiger partial charge in [0.05, 0.1) is 0 Å². The summed E-state index contributed by atoms with van der Waals surface area (Å²) in [6, 6.07) is 8.11. The van der Waals surface area contributed by atoms with Crippen molar-refractivity contribution in [3.05, 3.63) is 29.8 Å². The Bertz CT molecular complexity index is 450. The van der Waals surface area contributed by atoms with Crippen molar-refractivity contribution in [2.45, 2.75) is 45.3 Å². The van der Waals surface area contributed by atoms with Crippen LogP contribution in [0.1, 0.15) is 31.7 Å². The van der Waals surface area contributed by atoms with Crippen LogP contribution >= 0.6 is 0 Å². The number of piperidine rings is 1. The monoisotopic (exact) mass is 290 g/mol. The molecular weight excluding hydrogens is 264 g/mol. The first-order valence-electron chi connectivity index (χ1n) is 7.80. The van der Waals surface area contributed by atoms with Gasteiger partial charge in [-0.3, -0.25) is 4.79 Å². The molecule has 0 saturated carbocycles. The lowest BCUT2D eigenvalue weighted by atomic mass is 10.1. The van der Waals surface area contributed by atoms with E-state index in [-0.39, 0.29) is 11.9 Å². The highest BCUT2D eigenvalue weighted by atomic mass is 16.5. The number of carbonyl (C=O) groups is 1. The SMILES string of the molecule is CC[C@@H](Oc1ccc(C)cc1)C(=O)NC1CCN(C)CC1. The van der Waals surface area contributed by atoms with Gasteiger partial charge in [0.1, 0.15) is 5.75 Å². The number of nitrogens with one attached hydrogen (secondary N) is 1. The Balaban J connectivity index is 1.87. The molecule has 1 saturated heterocycles. The lowest BCUT2D eigenvalue weighted by Gasteiger charge is -2.30. The van der Waals surface area contributed by atoms with Crippen molar-refractivity contribution < 1.29 is 9.53 Å². The third-order valence-corrected chi connectivity index (χ3v) is 4.03. The second kappa shape index (κ2) is 7.46. The predicted molar refractivity (Wildman–Crippen MR) is 84.5 cm³/mol. The van der Waals surface area contributed by atoms with E-state index in [1.807, 2.05) is 38.1 Å². The second-order valence-electron chi connectivity index (χ2n) is 5.91. The van der Waals surface area contributed by atoms with Crippen LogP contribution in [0.3, 0.4) is 0 Å². The molecule has 21 heavy (non-hydrogen) atoms. The first-order chi connectivity index (χ1) is 10.1. The van der Waals surface area contributed by atoms with Gasteiger partial charge in [0.2, 0.25) is 0 Å². The van der Waals surface area contributed by atoms with Crippen LogP contribution in [0, 0.1) is 6.92 Å². The molecule has 2 rings (SSSR count). The Hall–Kier alpha value is -1.55. The molecule has 116 valence electrons. The van der Waals surface area contributed by atoms with E-state index >= 15 is 0 Å². The van der Waals surface area contributed by atoms with Gasteiger partial charge in [-0.05, 0) is 58.5 Å². The van der Waals surface area contributed by atoms with E-state index in [0.29, 0.717) is 6.42 Å². The number of likely N-dealkylation sites (tertiary alicyclic amines) is 1. The van der Waals surface area contributed by atoms with Crippen molar-refractivity contribution in [1.29, 1.82) is 0 Å². The number of ether oxygens (including phenoxy) is 1. The number of benzene rings is 1.